The number of morpholine rings is 1. The van der Waals surface area contributed by atoms with E-state index < -0.39 is 0 Å². The van der Waals surface area contributed by atoms with Gasteiger partial charge < -0.3 is 24.6 Å². The molecule has 0 spiro atoms. The van der Waals surface area contributed by atoms with Gasteiger partial charge >= 0.3 is 6.03 Å². The number of ether oxygens (including phenoxy) is 2. The lowest BCUT2D eigenvalue weighted by Crippen LogP contribution is -2.52. The summed E-state index contributed by atoms with van der Waals surface area (Å²) in [5.74, 6) is 0.0975. The predicted octanol–water partition coefficient (Wildman–Crippen LogP) is 0.446. The van der Waals surface area contributed by atoms with Gasteiger partial charge in [-0.25, -0.2) is 4.79 Å². The van der Waals surface area contributed by atoms with Crippen LogP contribution < -0.4 is 5.32 Å². The van der Waals surface area contributed by atoms with E-state index in [1.807, 2.05) is 4.90 Å². The minimum Gasteiger partial charge on any atom is -0.378 e. The lowest BCUT2D eigenvalue weighted by molar-refractivity contribution is -0.141. The zero-order valence-electron chi connectivity index (χ0n) is 13.7. The molecule has 0 radical (unpaired) electrons. The van der Waals surface area contributed by atoms with E-state index in [9.17, 15) is 9.59 Å². The van der Waals surface area contributed by atoms with Crippen molar-refractivity contribution >= 4 is 11.9 Å². The third-order valence-electron chi connectivity index (χ3n) is 4.89. The number of hydrogen-bond donors (Lipinski definition) is 1. The Morgan fingerprint density at radius 1 is 1.00 bits per heavy atom. The highest BCUT2D eigenvalue weighted by atomic mass is 16.5. The second-order valence-electron chi connectivity index (χ2n) is 6.54. The fourth-order valence-corrected chi connectivity index (χ4v) is 3.52. The van der Waals surface area contributed by atoms with Crippen LogP contribution in [0.5, 0.6) is 0 Å². The molecule has 23 heavy (non-hydrogen) atoms. The van der Waals surface area contributed by atoms with Crippen LogP contribution in [-0.4, -0.2) is 80.4 Å². The smallest absolute Gasteiger partial charge is 0.317 e. The first-order valence-corrected chi connectivity index (χ1v) is 8.75. The first kappa shape index (κ1) is 16.5. The highest BCUT2D eigenvalue weighted by Crippen LogP contribution is 2.20. The van der Waals surface area contributed by atoms with Crippen LogP contribution in [0.25, 0.3) is 0 Å². The Bertz CT molecular complexity index is 420. The highest BCUT2D eigenvalue weighted by molar-refractivity contribution is 5.81. The summed E-state index contributed by atoms with van der Waals surface area (Å²) in [7, 11) is 0. The van der Waals surface area contributed by atoms with Gasteiger partial charge in [-0.1, -0.05) is 0 Å². The standard InChI is InChI=1S/C16H27N3O4/c20-15(18-6-9-22-10-7-18)13-3-1-5-19(12-13)16(21)17-11-14-4-2-8-23-14/h13-14H,1-12H2,(H,17,21)/t13-,14+/m0/s1. The summed E-state index contributed by atoms with van der Waals surface area (Å²) in [6, 6.07) is -0.0695. The fraction of sp³-hybridized carbons (Fsp3) is 0.875. The first-order chi connectivity index (χ1) is 11.2. The van der Waals surface area contributed by atoms with E-state index in [0.29, 0.717) is 39.4 Å². The quantitative estimate of drug-likeness (QED) is 0.818. The van der Waals surface area contributed by atoms with Crippen LogP contribution in [0.3, 0.4) is 0 Å². The molecular formula is C16H27N3O4. The average molecular weight is 325 g/mol. The second-order valence-corrected chi connectivity index (χ2v) is 6.54. The molecule has 2 atom stereocenters. The maximum Gasteiger partial charge on any atom is 0.317 e. The maximum absolute atomic E-state index is 12.6. The largest absolute Gasteiger partial charge is 0.378 e. The molecule has 0 aliphatic carbocycles. The van der Waals surface area contributed by atoms with E-state index in [2.05, 4.69) is 5.32 Å². The molecule has 0 saturated carbocycles. The van der Waals surface area contributed by atoms with Crippen LogP contribution >= 0.6 is 0 Å². The number of piperidine rings is 1. The molecule has 7 heteroatoms. The molecule has 130 valence electrons. The van der Waals surface area contributed by atoms with Crippen molar-refractivity contribution in [2.24, 2.45) is 5.92 Å². The monoisotopic (exact) mass is 325 g/mol. The van der Waals surface area contributed by atoms with E-state index in [0.717, 1.165) is 38.8 Å². The number of likely N-dealkylation sites (tertiary alicyclic amines) is 1. The summed E-state index contributed by atoms with van der Waals surface area (Å²) >= 11 is 0. The van der Waals surface area contributed by atoms with Gasteiger partial charge in [0.05, 0.1) is 25.2 Å². The molecule has 3 aliphatic rings. The molecule has 0 aromatic heterocycles. The second kappa shape index (κ2) is 7.97. The molecule has 3 heterocycles. The van der Waals surface area contributed by atoms with E-state index in [1.165, 1.54) is 0 Å². The van der Waals surface area contributed by atoms with Crippen LogP contribution in [0.2, 0.25) is 0 Å². The van der Waals surface area contributed by atoms with Gasteiger partial charge in [-0.05, 0) is 25.7 Å². The molecule has 0 bridgehead atoms. The van der Waals surface area contributed by atoms with Crippen LogP contribution in [0.4, 0.5) is 4.79 Å². The molecule has 0 unspecified atom stereocenters. The zero-order chi connectivity index (χ0) is 16.1. The summed E-state index contributed by atoms with van der Waals surface area (Å²) in [6.45, 7) is 5.17. The molecule has 1 N–H and O–H groups in total. The predicted molar refractivity (Wildman–Crippen MR) is 84.1 cm³/mol. The molecule has 3 amide bonds. The maximum atomic E-state index is 12.6. The van der Waals surface area contributed by atoms with Crippen molar-refractivity contribution in [1.29, 1.82) is 0 Å². The lowest BCUT2D eigenvalue weighted by Gasteiger charge is -2.36. The number of hydrogen-bond acceptors (Lipinski definition) is 4. The van der Waals surface area contributed by atoms with E-state index >= 15 is 0 Å². The van der Waals surface area contributed by atoms with E-state index in [1.54, 1.807) is 4.90 Å². The number of urea groups is 1. The Kier molecular flexibility index (Phi) is 5.72. The third kappa shape index (κ3) is 4.35. The Morgan fingerprint density at radius 2 is 1.83 bits per heavy atom. The van der Waals surface area contributed by atoms with Crippen molar-refractivity contribution in [3.8, 4) is 0 Å². The Labute approximate surface area is 137 Å². The van der Waals surface area contributed by atoms with Gasteiger partial charge in [0.1, 0.15) is 0 Å². The number of amides is 3. The molecule has 3 rings (SSSR count). The van der Waals surface area contributed by atoms with Gasteiger partial charge in [-0.3, -0.25) is 4.79 Å². The number of rotatable bonds is 3. The third-order valence-corrected chi connectivity index (χ3v) is 4.89. The normalized spacial score (nSPS) is 28.7. The van der Waals surface area contributed by atoms with Crippen LogP contribution in [-0.2, 0) is 14.3 Å². The van der Waals surface area contributed by atoms with Crippen LogP contribution in [0, 0.1) is 5.92 Å². The SMILES string of the molecule is O=C(NC[C@H]1CCCO1)N1CCC[C@H](C(=O)N2CCOCC2)C1. The summed E-state index contributed by atoms with van der Waals surface area (Å²) in [4.78, 5) is 28.6. The highest BCUT2D eigenvalue weighted by Gasteiger charge is 2.32. The Hall–Kier alpha value is -1.34. The number of nitrogens with zero attached hydrogens (tertiary/aromatic N) is 2. The van der Waals surface area contributed by atoms with Crippen LogP contribution in [0.15, 0.2) is 0 Å². The summed E-state index contributed by atoms with van der Waals surface area (Å²) in [5.41, 5.74) is 0. The minimum atomic E-state index is -0.0738. The van der Waals surface area contributed by atoms with Crippen molar-refractivity contribution in [3.05, 3.63) is 0 Å². The van der Waals surface area contributed by atoms with Gasteiger partial charge in [0.2, 0.25) is 5.91 Å². The van der Waals surface area contributed by atoms with Gasteiger partial charge in [-0.2, -0.15) is 0 Å². The molecule has 3 saturated heterocycles. The Morgan fingerprint density at radius 3 is 2.57 bits per heavy atom. The van der Waals surface area contributed by atoms with Crippen LogP contribution in [0.1, 0.15) is 25.7 Å². The summed E-state index contributed by atoms with van der Waals surface area (Å²) < 4.78 is 10.8. The molecule has 0 aromatic rings. The van der Waals surface area contributed by atoms with Gasteiger partial charge in [0.25, 0.3) is 0 Å². The molecule has 3 aliphatic heterocycles. The molecule has 7 nitrogen and oxygen atoms in total. The summed E-state index contributed by atoms with van der Waals surface area (Å²) in [6.07, 6.45) is 3.98. The van der Waals surface area contributed by atoms with Crippen molar-refractivity contribution in [2.45, 2.75) is 31.8 Å². The zero-order valence-corrected chi connectivity index (χ0v) is 13.7. The van der Waals surface area contributed by atoms with Crippen molar-refractivity contribution < 1.29 is 19.1 Å². The first-order valence-electron chi connectivity index (χ1n) is 8.75. The van der Waals surface area contributed by atoms with Gasteiger partial charge in [0, 0.05) is 39.3 Å². The average Bonchev–Trinajstić information content (AvgIpc) is 3.13. The lowest BCUT2D eigenvalue weighted by atomic mass is 9.96. The van der Waals surface area contributed by atoms with E-state index in [-0.39, 0.29) is 24.0 Å². The van der Waals surface area contributed by atoms with Gasteiger partial charge in [-0.15, -0.1) is 0 Å². The van der Waals surface area contributed by atoms with Crippen molar-refractivity contribution in [1.82, 2.24) is 15.1 Å². The number of carbonyl (C=O) groups excluding carboxylic acids is 2. The van der Waals surface area contributed by atoms with Gasteiger partial charge in [0.15, 0.2) is 0 Å². The summed E-state index contributed by atoms with van der Waals surface area (Å²) in [5, 5.41) is 2.95. The minimum absolute atomic E-state index is 0.0695. The number of carbonyl (C=O) groups is 2. The number of nitrogens with one attached hydrogen (secondary N) is 1. The molecule has 0 aromatic carbocycles. The Balaban J connectivity index is 1.46. The van der Waals surface area contributed by atoms with E-state index in [4.69, 9.17) is 9.47 Å². The molecule has 3 fully saturated rings. The fourth-order valence-electron chi connectivity index (χ4n) is 3.52. The topological polar surface area (TPSA) is 71.1 Å². The van der Waals surface area contributed by atoms with Crippen molar-refractivity contribution in [2.75, 3.05) is 52.5 Å². The van der Waals surface area contributed by atoms with Crippen molar-refractivity contribution in [3.63, 3.8) is 0 Å². The molecular weight excluding hydrogens is 298 g/mol.